The maximum Gasteiger partial charge on any atom is 0.404 e. The first-order valence-electron chi connectivity index (χ1n) is 12.1. The molecule has 0 bridgehead atoms. The van der Waals surface area contributed by atoms with Crippen LogP contribution in [0.25, 0.3) is 22.2 Å². The van der Waals surface area contributed by atoms with Crippen LogP contribution < -0.4 is 15.4 Å². The summed E-state index contributed by atoms with van der Waals surface area (Å²) < 4.78 is 20.0. The van der Waals surface area contributed by atoms with E-state index in [4.69, 9.17) is 9.84 Å². The number of amides is 2. The van der Waals surface area contributed by atoms with E-state index in [0.717, 1.165) is 24.0 Å². The van der Waals surface area contributed by atoms with Gasteiger partial charge in [-0.2, -0.15) is 0 Å². The molecule has 2 aromatic heterocycles. The van der Waals surface area contributed by atoms with Crippen molar-refractivity contribution in [1.82, 2.24) is 20.6 Å². The standard InChI is InChI=1S/C26H29FN4O4/c1-14-22(25(32)30-17-5-7-18(8-6-17)31-26(33)34)24-23(29-14)20(10-11-28-24)19-9-4-16(27)12-21(19)35-13-15-2-3-15/h4,9-12,15,17-18,29,31H,2-3,5-8,13H2,1H3,(H,30,32)(H,33,34). The van der Waals surface area contributed by atoms with Crippen LogP contribution in [0.1, 0.15) is 54.6 Å². The third-order valence-electron chi connectivity index (χ3n) is 6.90. The summed E-state index contributed by atoms with van der Waals surface area (Å²) in [6.45, 7) is 2.40. The molecule has 3 aromatic rings. The number of carbonyl (C=O) groups excluding carboxylic acids is 1. The SMILES string of the molecule is Cc1[nH]c2c(-c3ccc(F)cc3OCC3CC3)ccnc2c1C(=O)NC1CCC(NC(=O)O)CC1. The second-order valence-electron chi connectivity index (χ2n) is 9.57. The monoisotopic (exact) mass is 480 g/mol. The van der Waals surface area contributed by atoms with E-state index in [1.54, 1.807) is 12.3 Å². The number of aryl methyl sites for hydroxylation is 1. The number of carbonyl (C=O) groups is 2. The molecule has 0 radical (unpaired) electrons. The maximum absolute atomic E-state index is 14.0. The zero-order chi connectivity index (χ0) is 24.5. The largest absolute Gasteiger partial charge is 0.493 e. The molecular formula is C26H29FN4O4. The molecule has 0 spiro atoms. The van der Waals surface area contributed by atoms with Gasteiger partial charge in [0.1, 0.15) is 17.1 Å². The van der Waals surface area contributed by atoms with Crippen molar-refractivity contribution >= 4 is 23.0 Å². The van der Waals surface area contributed by atoms with Gasteiger partial charge in [0, 0.05) is 41.2 Å². The summed E-state index contributed by atoms with van der Waals surface area (Å²) in [6, 6.07) is 6.25. The molecule has 8 nitrogen and oxygen atoms in total. The van der Waals surface area contributed by atoms with Gasteiger partial charge in [0.15, 0.2) is 0 Å². The number of hydrogen-bond acceptors (Lipinski definition) is 4. The minimum Gasteiger partial charge on any atom is -0.493 e. The molecule has 2 heterocycles. The molecule has 2 aliphatic carbocycles. The average molecular weight is 481 g/mol. The lowest BCUT2D eigenvalue weighted by Crippen LogP contribution is -2.43. The van der Waals surface area contributed by atoms with Gasteiger partial charge in [-0.1, -0.05) is 0 Å². The van der Waals surface area contributed by atoms with Crippen molar-refractivity contribution < 1.29 is 23.8 Å². The highest BCUT2D eigenvalue weighted by atomic mass is 19.1. The van der Waals surface area contributed by atoms with Crippen LogP contribution in [0.2, 0.25) is 0 Å². The van der Waals surface area contributed by atoms with Crippen molar-refractivity contribution in [2.75, 3.05) is 6.61 Å². The van der Waals surface area contributed by atoms with Crippen molar-refractivity contribution in [3.05, 3.63) is 47.5 Å². The van der Waals surface area contributed by atoms with Crippen molar-refractivity contribution in [2.45, 2.75) is 57.5 Å². The second kappa shape index (κ2) is 9.56. The van der Waals surface area contributed by atoms with Crippen molar-refractivity contribution in [3.8, 4) is 16.9 Å². The molecule has 35 heavy (non-hydrogen) atoms. The number of halogens is 1. The van der Waals surface area contributed by atoms with E-state index in [1.165, 1.54) is 12.1 Å². The highest BCUT2D eigenvalue weighted by Crippen LogP contribution is 2.38. The van der Waals surface area contributed by atoms with E-state index in [1.807, 2.05) is 13.0 Å². The number of H-pyrrole nitrogens is 1. The highest BCUT2D eigenvalue weighted by Gasteiger charge is 2.27. The summed E-state index contributed by atoms with van der Waals surface area (Å²) in [5.74, 6) is 0.439. The number of nitrogens with one attached hydrogen (secondary N) is 3. The molecule has 0 atom stereocenters. The third kappa shape index (κ3) is 5.08. The van der Waals surface area contributed by atoms with Gasteiger partial charge >= 0.3 is 6.09 Å². The van der Waals surface area contributed by atoms with Gasteiger partial charge in [0.05, 0.1) is 17.7 Å². The number of aromatic amines is 1. The molecule has 1 aromatic carbocycles. The highest BCUT2D eigenvalue weighted by molar-refractivity contribution is 6.09. The fraction of sp³-hybridized carbons (Fsp3) is 0.423. The average Bonchev–Trinajstić information content (AvgIpc) is 3.58. The van der Waals surface area contributed by atoms with Gasteiger partial charge in [-0.3, -0.25) is 9.78 Å². The Morgan fingerprint density at radius 3 is 2.49 bits per heavy atom. The van der Waals surface area contributed by atoms with E-state index in [0.29, 0.717) is 66.2 Å². The van der Waals surface area contributed by atoms with Gasteiger partial charge < -0.3 is 25.5 Å². The van der Waals surface area contributed by atoms with Gasteiger partial charge in [-0.25, -0.2) is 9.18 Å². The van der Waals surface area contributed by atoms with Gasteiger partial charge in [0.25, 0.3) is 5.91 Å². The normalized spacial score (nSPS) is 19.9. The Morgan fingerprint density at radius 1 is 1.09 bits per heavy atom. The van der Waals surface area contributed by atoms with Crippen LogP contribution >= 0.6 is 0 Å². The van der Waals surface area contributed by atoms with E-state index >= 15 is 0 Å². The third-order valence-corrected chi connectivity index (χ3v) is 6.90. The number of fused-ring (bicyclic) bond motifs is 1. The zero-order valence-electron chi connectivity index (χ0n) is 19.6. The van der Waals surface area contributed by atoms with Crippen molar-refractivity contribution in [2.24, 2.45) is 5.92 Å². The van der Waals surface area contributed by atoms with Crippen molar-refractivity contribution in [3.63, 3.8) is 0 Å². The fourth-order valence-electron chi connectivity index (χ4n) is 4.85. The number of carboxylic acid groups (broad SMARTS) is 1. The number of pyridine rings is 1. The Bertz CT molecular complexity index is 1260. The van der Waals surface area contributed by atoms with Gasteiger partial charge in [-0.05, 0) is 69.6 Å². The first kappa shape index (κ1) is 23.1. The molecule has 2 aliphatic rings. The first-order valence-corrected chi connectivity index (χ1v) is 12.1. The molecule has 2 saturated carbocycles. The number of nitrogens with zero attached hydrogens (tertiary/aromatic N) is 1. The second-order valence-corrected chi connectivity index (χ2v) is 9.57. The molecule has 2 fully saturated rings. The van der Waals surface area contributed by atoms with Crippen LogP contribution in [0.4, 0.5) is 9.18 Å². The summed E-state index contributed by atoms with van der Waals surface area (Å²) in [6.07, 6.45) is 5.67. The first-order chi connectivity index (χ1) is 16.9. The van der Waals surface area contributed by atoms with Crippen molar-refractivity contribution in [1.29, 1.82) is 0 Å². The van der Waals surface area contributed by atoms with E-state index < -0.39 is 6.09 Å². The number of rotatable bonds is 7. The molecule has 4 N–H and O–H groups in total. The number of aromatic nitrogens is 2. The van der Waals surface area contributed by atoms with E-state index in [2.05, 4.69) is 20.6 Å². The van der Waals surface area contributed by atoms with E-state index in [-0.39, 0.29) is 23.8 Å². The van der Waals surface area contributed by atoms with Gasteiger partial charge in [-0.15, -0.1) is 0 Å². The Labute approximate surface area is 202 Å². The quantitative estimate of drug-likeness (QED) is 0.389. The number of ether oxygens (including phenoxy) is 1. The molecule has 0 unspecified atom stereocenters. The Balaban J connectivity index is 1.39. The fourth-order valence-corrected chi connectivity index (χ4v) is 4.85. The molecule has 9 heteroatoms. The molecule has 184 valence electrons. The Kier molecular flexibility index (Phi) is 6.32. The topological polar surface area (TPSA) is 116 Å². The summed E-state index contributed by atoms with van der Waals surface area (Å²) in [4.78, 5) is 31.9. The summed E-state index contributed by atoms with van der Waals surface area (Å²) in [7, 11) is 0. The Morgan fingerprint density at radius 2 is 1.80 bits per heavy atom. The predicted molar refractivity (Wildman–Crippen MR) is 129 cm³/mol. The lowest BCUT2D eigenvalue weighted by Gasteiger charge is -2.28. The van der Waals surface area contributed by atoms with Crippen LogP contribution in [0, 0.1) is 18.7 Å². The lowest BCUT2D eigenvalue weighted by molar-refractivity contribution is 0.0924. The van der Waals surface area contributed by atoms with E-state index in [9.17, 15) is 14.0 Å². The minimum absolute atomic E-state index is 0.0265. The number of benzene rings is 1. The lowest BCUT2D eigenvalue weighted by atomic mass is 9.91. The summed E-state index contributed by atoms with van der Waals surface area (Å²) in [5.41, 5.74) is 3.97. The summed E-state index contributed by atoms with van der Waals surface area (Å²) >= 11 is 0. The molecule has 5 rings (SSSR count). The van der Waals surface area contributed by atoms with Crippen LogP contribution in [-0.4, -0.2) is 45.8 Å². The molecule has 0 saturated heterocycles. The molecule has 0 aliphatic heterocycles. The Hall–Kier alpha value is -3.62. The molecule has 2 amide bonds. The van der Waals surface area contributed by atoms with Crippen LogP contribution in [0.15, 0.2) is 30.5 Å². The number of hydrogen-bond donors (Lipinski definition) is 4. The summed E-state index contributed by atoms with van der Waals surface area (Å²) in [5, 5.41) is 14.5. The van der Waals surface area contributed by atoms with Gasteiger partial charge in [0.2, 0.25) is 0 Å². The zero-order valence-corrected chi connectivity index (χ0v) is 19.6. The molecular weight excluding hydrogens is 451 g/mol. The minimum atomic E-state index is -1.02. The predicted octanol–water partition coefficient (Wildman–Crippen LogP) is 4.77. The van der Waals surface area contributed by atoms with Crippen LogP contribution in [-0.2, 0) is 0 Å². The van der Waals surface area contributed by atoms with Crippen LogP contribution in [0.5, 0.6) is 5.75 Å². The maximum atomic E-state index is 14.0. The smallest absolute Gasteiger partial charge is 0.404 e. The van der Waals surface area contributed by atoms with Crippen LogP contribution in [0.3, 0.4) is 0 Å².